The maximum atomic E-state index is 11.3. The number of carbonyl (C=O) groups excluding carboxylic acids is 2. The second-order valence-electron chi connectivity index (χ2n) is 3.46. The molecule has 1 aliphatic carbocycles. The average molecular weight is 184 g/mol. The molecule has 12 heavy (non-hydrogen) atoms. The molecule has 0 fully saturated rings. The first-order valence-electron chi connectivity index (χ1n) is 3.81. The minimum absolute atomic E-state index is 0.0188. The third-order valence-electron chi connectivity index (χ3n) is 2.03. The number of thioether (sulfide) groups is 1. The number of carbonyl (C=O) groups is 2. The van der Waals surface area contributed by atoms with Gasteiger partial charge in [0.05, 0.1) is 6.42 Å². The minimum atomic E-state index is -0.452. The highest BCUT2D eigenvalue weighted by atomic mass is 32.2. The smallest absolute Gasteiger partial charge is 0.176 e. The lowest BCUT2D eigenvalue weighted by atomic mass is 9.81. The van der Waals surface area contributed by atoms with Crippen LogP contribution in [-0.4, -0.2) is 17.8 Å². The fourth-order valence-electron chi connectivity index (χ4n) is 1.12. The van der Waals surface area contributed by atoms with E-state index in [1.807, 2.05) is 20.1 Å². The summed E-state index contributed by atoms with van der Waals surface area (Å²) in [6.45, 7) is 3.69. The van der Waals surface area contributed by atoms with E-state index in [9.17, 15) is 9.59 Å². The summed E-state index contributed by atoms with van der Waals surface area (Å²) >= 11 is 1.42. The summed E-state index contributed by atoms with van der Waals surface area (Å²) in [6, 6.07) is 0. The number of hydrogen-bond donors (Lipinski definition) is 0. The largest absolute Gasteiger partial charge is 0.298 e. The van der Waals surface area contributed by atoms with E-state index in [1.165, 1.54) is 11.8 Å². The molecule has 0 aliphatic heterocycles. The average Bonchev–Trinajstić information content (AvgIpc) is 1.97. The van der Waals surface area contributed by atoms with E-state index in [4.69, 9.17) is 0 Å². The van der Waals surface area contributed by atoms with E-state index in [1.54, 1.807) is 6.08 Å². The Kier molecular flexibility index (Phi) is 2.42. The van der Waals surface area contributed by atoms with Gasteiger partial charge in [0.25, 0.3) is 0 Å². The van der Waals surface area contributed by atoms with E-state index in [0.717, 1.165) is 4.91 Å². The van der Waals surface area contributed by atoms with Crippen LogP contribution in [-0.2, 0) is 9.59 Å². The van der Waals surface area contributed by atoms with Gasteiger partial charge in [-0.25, -0.2) is 0 Å². The van der Waals surface area contributed by atoms with E-state index in [2.05, 4.69) is 0 Å². The summed E-state index contributed by atoms with van der Waals surface area (Å²) in [4.78, 5) is 23.2. The highest BCUT2D eigenvalue weighted by Gasteiger charge is 2.33. The number of allylic oxidation sites excluding steroid dienone is 2. The van der Waals surface area contributed by atoms with Crippen LogP contribution in [0.5, 0.6) is 0 Å². The van der Waals surface area contributed by atoms with Gasteiger partial charge < -0.3 is 0 Å². The van der Waals surface area contributed by atoms with Gasteiger partial charge in [0.15, 0.2) is 5.78 Å². The quantitative estimate of drug-likeness (QED) is 0.583. The molecule has 1 aliphatic rings. The predicted molar refractivity (Wildman–Crippen MR) is 50.0 cm³/mol. The molecule has 0 saturated heterocycles. The van der Waals surface area contributed by atoms with Crippen molar-refractivity contribution in [3.8, 4) is 0 Å². The highest BCUT2D eigenvalue weighted by molar-refractivity contribution is 8.03. The molecule has 0 atom stereocenters. The standard InChI is InChI=1S/C9H12O2S/c1-9(2)5-7(12-3)6(10)4-8(9)11/h5H,4H2,1-3H3. The zero-order chi connectivity index (χ0) is 9.35. The molecule has 0 amide bonds. The second-order valence-corrected chi connectivity index (χ2v) is 4.31. The second kappa shape index (κ2) is 3.05. The van der Waals surface area contributed by atoms with Crippen molar-refractivity contribution in [1.82, 2.24) is 0 Å². The topological polar surface area (TPSA) is 34.1 Å². The minimum Gasteiger partial charge on any atom is -0.298 e. The molecular weight excluding hydrogens is 172 g/mol. The van der Waals surface area contributed by atoms with Crippen molar-refractivity contribution in [2.24, 2.45) is 5.41 Å². The molecule has 0 unspecified atom stereocenters. The number of hydrogen-bond acceptors (Lipinski definition) is 3. The summed E-state index contributed by atoms with van der Waals surface area (Å²) in [7, 11) is 0. The summed E-state index contributed by atoms with van der Waals surface area (Å²) < 4.78 is 0. The molecule has 0 heterocycles. The maximum Gasteiger partial charge on any atom is 0.176 e. The van der Waals surface area contributed by atoms with Crippen molar-refractivity contribution in [2.45, 2.75) is 20.3 Å². The molecule has 0 spiro atoms. The van der Waals surface area contributed by atoms with Crippen LogP contribution in [0.4, 0.5) is 0 Å². The Labute approximate surface area is 76.4 Å². The van der Waals surface area contributed by atoms with Crippen LogP contribution in [0, 0.1) is 5.41 Å². The first-order valence-corrected chi connectivity index (χ1v) is 5.03. The SMILES string of the molecule is CSC1=CC(C)(C)C(=O)CC1=O. The van der Waals surface area contributed by atoms with Crippen molar-refractivity contribution < 1.29 is 9.59 Å². The Morgan fingerprint density at radius 3 is 2.50 bits per heavy atom. The van der Waals surface area contributed by atoms with Gasteiger partial charge in [-0.1, -0.05) is 6.08 Å². The molecule has 1 rings (SSSR count). The van der Waals surface area contributed by atoms with Crippen LogP contribution in [0.25, 0.3) is 0 Å². The van der Waals surface area contributed by atoms with Gasteiger partial charge in [-0.3, -0.25) is 9.59 Å². The summed E-state index contributed by atoms with van der Waals surface area (Å²) in [5, 5.41) is 0. The molecule has 0 N–H and O–H groups in total. The summed E-state index contributed by atoms with van der Waals surface area (Å²) in [5.41, 5.74) is -0.452. The Hall–Kier alpha value is -0.570. The number of Topliss-reactive ketones (excluding diaryl/α,β-unsaturated/α-hetero) is 2. The molecule has 0 aromatic rings. The van der Waals surface area contributed by atoms with E-state index < -0.39 is 5.41 Å². The van der Waals surface area contributed by atoms with E-state index in [0.29, 0.717) is 0 Å². The molecular formula is C9H12O2S. The third kappa shape index (κ3) is 1.61. The monoisotopic (exact) mass is 184 g/mol. The van der Waals surface area contributed by atoms with Crippen molar-refractivity contribution in [1.29, 1.82) is 0 Å². The summed E-state index contributed by atoms with van der Waals surface area (Å²) in [5.74, 6) is -0.0166. The molecule has 0 aromatic carbocycles. The summed E-state index contributed by atoms with van der Waals surface area (Å²) in [6.07, 6.45) is 3.70. The Morgan fingerprint density at radius 1 is 1.42 bits per heavy atom. The number of ketones is 2. The van der Waals surface area contributed by atoms with Gasteiger partial charge in [0.1, 0.15) is 5.78 Å². The fraction of sp³-hybridized carbons (Fsp3) is 0.556. The Bertz CT molecular complexity index is 264. The lowest BCUT2D eigenvalue weighted by Gasteiger charge is -2.24. The third-order valence-corrected chi connectivity index (χ3v) is 2.81. The van der Waals surface area contributed by atoms with E-state index in [-0.39, 0.29) is 18.0 Å². The molecule has 0 bridgehead atoms. The first kappa shape index (κ1) is 9.52. The van der Waals surface area contributed by atoms with Crippen molar-refractivity contribution >= 4 is 23.3 Å². The van der Waals surface area contributed by atoms with Crippen LogP contribution >= 0.6 is 11.8 Å². The van der Waals surface area contributed by atoms with Crippen LogP contribution in [0.2, 0.25) is 0 Å². The van der Waals surface area contributed by atoms with Crippen LogP contribution in [0.3, 0.4) is 0 Å². The van der Waals surface area contributed by atoms with Gasteiger partial charge in [-0.05, 0) is 20.1 Å². The van der Waals surface area contributed by atoms with Gasteiger partial charge in [-0.15, -0.1) is 11.8 Å². The first-order chi connectivity index (χ1) is 5.47. The van der Waals surface area contributed by atoms with Crippen LogP contribution < -0.4 is 0 Å². The molecule has 3 heteroatoms. The fourth-order valence-corrected chi connectivity index (χ4v) is 1.83. The zero-order valence-electron chi connectivity index (χ0n) is 7.51. The van der Waals surface area contributed by atoms with E-state index >= 15 is 0 Å². The normalized spacial score (nSPS) is 22.4. The maximum absolute atomic E-state index is 11.3. The molecule has 2 nitrogen and oxygen atoms in total. The zero-order valence-corrected chi connectivity index (χ0v) is 8.33. The van der Waals surface area contributed by atoms with Gasteiger partial charge in [0.2, 0.25) is 0 Å². The Balaban J connectivity index is 3.04. The van der Waals surface area contributed by atoms with Crippen LogP contribution in [0.15, 0.2) is 11.0 Å². The van der Waals surface area contributed by atoms with Crippen molar-refractivity contribution in [3.63, 3.8) is 0 Å². The lowest BCUT2D eigenvalue weighted by Crippen LogP contribution is -2.29. The molecule has 66 valence electrons. The van der Waals surface area contributed by atoms with Crippen molar-refractivity contribution in [2.75, 3.05) is 6.26 Å². The lowest BCUT2D eigenvalue weighted by molar-refractivity contribution is -0.130. The number of rotatable bonds is 1. The van der Waals surface area contributed by atoms with Crippen molar-refractivity contribution in [3.05, 3.63) is 11.0 Å². The molecule has 0 saturated carbocycles. The molecule has 0 radical (unpaired) electrons. The molecule has 0 aromatic heterocycles. The van der Waals surface area contributed by atoms with Crippen LogP contribution in [0.1, 0.15) is 20.3 Å². The predicted octanol–water partition coefficient (Wildman–Crippen LogP) is 1.80. The highest BCUT2D eigenvalue weighted by Crippen LogP contribution is 2.32. The van der Waals surface area contributed by atoms with Gasteiger partial charge in [-0.2, -0.15) is 0 Å². The van der Waals surface area contributed by atoms with Gasteiger partial charge in [0, 0.05) is 10.3 Å². The Morgan fingerprint density at radius 2 is 2.00 bits per heavy atom. The van der Waals surface area contributed by atoms with Gasteiger partial charge >= 0.3 is 0 Å².